The van der Waals surface area contributed by atoms with Crippen LogP contribution in [0.2, 0.25) is 5.02 Å². The monoisotopic (exact) mass is 253 g/mol. The summed E-state index contributed by atoms with van der Waals surface area (Å²) < 4.78 is 50.6. The Kier molecular flexibility index (Phi) is 3.60. The van der Waals surface area contributed by atoms with Crippen molar-refractivity contribution >= 4 is 11.6 Å². The molecule has 1 atom stereocenters. The highest BCUT2D eigenvalue weighted by atomic mass is 35.5. The molecule has 0 aliphatic carbocycles. The molecule has 1 rings (SSSR count). The highest BCUT2D eigenvalue weighted by Gasteiger charge is 2.32. The summed E-state index contributed by atoms with van der Waals surface area (Å²) in [6, 6.07) is 0.129. The third kappa shape index (κ3) is 2.54. The summed E-state index contributed by atoms with van der Waals surface area (Å²) in [6.07, 6.45) is -3.46. The second kappa shape index (κ2) is 4.43. The van der Waals surface area contributed by atoms with Gasteiger partial charge in [0, 0.05) is 5.56 Å². The lowest BCUT2D eigenvalue weighted by Crippen LogP contribution is -2.13. The molecule has 0 heterocycles. The van der Waals surface area contributed by atoms with Gasteiger partial charge in [-0.05, 0) is 12.1 Å². The Morgan fingerprint density at radius 1 is 1.38 bits per heavy atom. The van der Waals surface area contributed by atoms with Gasteiger partial charge in [-0.25, -0.2) is 4.39 Å². The number of nitrogens with two attached hydrogens (primary N) is 1. The van der Waals surface area contributed by atoms with Crippen molar-refractivity contribution in [2.75, 3.05) is 0 Å². The molecular formula is C10H8ClF4N. The highest BCUT2D eigenvalue weighted by molar-refractivity contribution is 6.30. The summed E-state index contributed by atoms with van der Waals surface area (Å²) in [7, 11) is 0. The van der Waals surface area contributed by atoms with Crippen LogP contribution >= 0.6 is 11.6 Å². The fraction of sp³-hybridized carbons (Fsp3) is 0.200. The zero-order valence-electron chi connectivity index (χ0n) is 7.98. The summed E-state index contributed by atoms with van der Waals surface area (Å²) in [5.74, 6) is -0.956. The Morgan fingerprint density at radius 2 is 1.94 bits per heavy atom. The minimum atomic E-state index is -4.59. The van der Waals surface area contributed by atoms with E-state index in [0.29, 0.717) is 12.1 Å². The Balaban J connectivity index is 3.39. The van der Waals surface area contributed by atoms with Crippen molar-refractivity contribution in [1.82, 2.24) is 0 Å². The van der Waals surface area contributed by atoms with Gasteiger partial charge in [0.1, 0.15) is 5.82 Å². The van der Waals surface area contributed by atoms with E-state index in [-0.39, 0.29) is 5.56 Å². The molecule has 1 aromatic carbocycles. The number of hydrogen-bond acceptors (Lipinski definition) is 1. The predicted molar refractivity (Wildman–Crippen MR) is 53.5 cm³/mol. The van der Waals surface area contributed by atoms with Gasteiger partial charge in [-0.1, -0.05) is 17.7 Å². The van der Waals surface area contributed by atoms with Crippen molar-refractivity contribution < 1.29 is 17.6 Å². The molecule has 0 bridgehead atoms. The zero-order chi connectivity index (χ0) is 12.5. The van der Waals surface area contributed by atoms with Crippen molar-refractivity contribution in [3.8, 4) is 0 Å². The fourth-order valence-corrected chi connectivity index (χ4v) is 1.37. The number of hydrogen-bond donors (Lipinski definition) is 1. The van der Waals surface area contributed by atoms with Gasteiger partial charge in [0.15, 0.2) is 0 Å². The lowest BCUT2D eigenvalue weighted by atomic mass is 10.0. The summed E-state index contributed by atoms with van der Waals surface area (Å²) in [6.45, 7) is 3.28. The van der Waals surface area contributed by atoms with Crippen LogP contribution < -0.4 is 5.73 Å². The van der Waals surface area contributed by atoms with Gasteiger partial charge in [0.2, 0.25) is 0 Å². The molecular weight excluding hydrogens is 246 g/mol. The Labute approximate surface area is 94.5 Å². The van der Waals surface area contributed by atoms with E-state index in [2.05, 4.69) is 6.58 Å². The molecule has 0 unspecified atom stereocenters. The highest BCUT2D eigenvalue weighted by Crippen LogP contribution is 2.34. The molecule has 2 N–H and O–H groups in total. The standard InChI is InChI=1S/C10H8ClF4N/c1-2-8(16)6-3-5(10(13,14)15)4-7(11)9(6)12/h2-4,8H,1,16H2/t8-/m1/s1. The molecule has 0 radical (unpaired) electrons. The summed E-state index contributed by atoms with van der Waals surface area (Å²) >= 11 is 5.36. The van der Waals surface area contributed by atoms with Crippen LogP contribution in [0.5, 0.6) is 0 Å². The second-order valence-electron chi connectivity index (χ2n) is 3.12. The van der Waals surface area contributed by atoms with E-state index in [1.54, 1.807) is 0 Å². The number of alkyl halides is 3. The molecule has 0 saturated carbocycles. The van der Waals surface area contributed by atoms with Gasteiger partial charge in [-0.3, -0.25) is 0 Å². The third-order valence-electron chi connectivity index (χ3n) is 2.00. The first-order valence-corrected chi connectivity index (χ1v) is 4.59. The van der Waals surface area contributed by atoms with Gasteiger partial charge < -0.3 is 5.73 Å². The van der Waals surface area contributed by atoms with Crippen molar-refractivity contribution in [2.24, 2.45) is 5.73 Å². The van der Waals surface area contributed by atoms with E-state index in [4.69, 9.17) is 17.3 Å². The Bertz CT molecular complexity index is 414. The average Bonchev–Trinajstić information content (AvgIpc) is 2.19. The van der Waals surface area contributed by atoms with Gasteiger partial charge in [-0.2, -0.15) is 13.2 Å². The summed E-state index contributed by atoms with van der Waals surface area (Å²) in [5, 5.41) is -0.609. The van der Waals surface area contributed by atoms with Gasteiger partial charge >= 0.3 is 6.18 Å². The van der Waals surface area contributed by atoms with Crippen LogP contribution in [-0.4, -0.2) is 0 Å². The van der Waals surface area contributed by atoms with Crippen LogP contribution in [-0.2, 0) is 6.18 Å². The molecule has 0 amide bonds. The minimum absolute atomic E-state index is 0.324. The van der Waals surface area contributed by atoms with Crippen LogP contribution in [0, 0.1) is 5.82 Å². The van der Waals surface area contributed by atoms with E-state index in [9.17, 15) is 17.6 Å². The molecule has 0 fully saturated rings. The maximum Gasteiger partial charge on any atom is 0.416 e. The fourth-order valence-electron chi connectivity index (χ4n) is 1.14. The molecule has 0 saturated heterocycles. The topological polar surface area (TPSA) is 26.0 Å². The number of halogens is 5. The third-order valence-corrected chi connectivity index (χ3v) is 2.27. The molecule has 88 valence electrons. The smallest absolute Gasteiger partial charge is 0.321 e. The molecule has 6 heteroatoms. The lowest BCUT2D eigenvalue weighted by Gasteiger charge is -2.13. The molecule has 0 aliphatic rings. The first-order chi connectivity index (χ1) is 7.27. The van der Waals surface area contributed by atoms with Gasteiger partial charge in [0.05, 0.1) is 16.6 Å². The first-order valence-electron chi connectivity index (χ1n) is 4.21. The van der Waals surface area contributed by atoms with E-state index >= 15 is 0 Å². The summed E-state index contributed by atoms with van der Waals surface area (Å²) in [4.78, 5) is 0. The van der Waals surface area contributed by atoms with E-state index in [1.165, 1.54) is 0 Å². The second-order valence-corrected chi connectivity index (χ2v) is 3.53. The predicted octanol–water partition coefficient (Wildman–Crippen LogP) is 3.68. The van der Waals surface area contributed by atoms with E-state index in [0.717, 1.165) is 6.08 Å². The van der Waals surface area contributed by atoms with Crippen LogP contribution in [0.3, 0.4) is 0 Å². The van der Waals surface area contributed by atoms with Crippen molar-refractivity contribution in [1.29, 1.82) is 0 Å². The van der Waals surface area contributed by atoms with Crippen LogP contribution in [0.15, 0.2) is 24.8 Å². The summed E-state index contributed by atoms with van der Waals surface area (Å²) in [5.41, 5.74) is 4.03. The molecule has 1 nitrogen and oxygen atoms in total. The van der Waals surface area contributed by atoms with Crippen molar-refractivity contribution in [2.45, 2.75) is 12.2 Å². The quantitative estimate of drug-likeness (QED) is 0.631. The van der Waals surface area contributed by atoms with Crippen LogP contribution in [0.1, 0.15) is 17.2 Å². The van der Waals surface area contributed by atoms with Gasteiger partial charge in [-0.15, -0.1) is 6.58 Å². The average molecular weight is 254 g/mol. The molecule has 0 aliphatic heterocycles. The number of rotatable bonds is 2. The van der Waals surface area contributed by atoms with Crippen LogP contribution in [0.4, 0.5) is 17.6 Å². The molecule has 16 heavy (non-hydrogen) atoms. The normalized spacial score (nSPS) is 13.6. The maximum absolute atomic E-state index is 13.4. The minimum Gasteiger partial charge on any atom is -0.321 e. The van der Waals surface area contributed by atoms with Crippen molar-refractivity contribution in [3.05, 3.63) is 46.8 Å². The first kappa shape index (κ1) is 13.0. The maximum atomic E-state index is 13.4. The van der Waals surface area contributed by atoms with Crippen LogP contribution in [0.25, 0.3) is 0 Å². The molecule has 1 aromatic rings. The van der Waals surface area contributed by atoms with Gasteiger partial charge in [0.25, 0.3) is 0 Å². The number of benzene rings is 1. The zero-order valence-corrected chi connectivity index (χ0v) is 8.74. The lowest BCUT2D eigenvalue weighted by molar-refractivity contribution is -0.137. The molecule has 0 aromatic heterocycles. The van der Waals surface area contributed by atoms with Crippen molar-refractivity contribution in [3.63, 3.8) is 0 Å². The Hall–Kier alpha value is -1.07. The Morgan fingerprint density at radius 3 is 2.38 bits per heavy atom. The molecule has 0 spiro atoms. The van der Waals surface area contributed by atoms with E-state index < -0.39 is 28.6 Å². The SMILES string of the molecule is C=C[C@@H](N)c1cc(C(F)(F)F)cc(Cl)c1F. The largest absolute Gasteiger partial charge is 0.416 e. The van der Waals surface area contributed by atoms with E-state index in [1.807, 2.05) is 0 Å².